The molecule has 2 saturated heterocycles. The summed E-state index contributed by atoms with van der Waals surface area (Å²) in [6.45, 7) is 1.91. The Morgan fingerprint density at radius 1 is 1.48 bits per heavy atom. The van der Waals surface area contributed by atoms with Gasteiger partial charge in [-0.25, -0.2) is 0 Å². The summed E-state index contributed by atoms with van der Waals surface area (Å²) >= 11 is 7.41. The zero-order valence-corrected chi connectivity index (χ0v) is 15.0. The van der Waals surface area contributed by atoms with Crippen molar-refractivity contribution in [3.63, 3.8) is 0 Å². The molecule has 3 heterocycles. The van der Waals surface area contributed by atoms with Crippen molar-refractivity contribution in [2.75, 3.05) is 33.7 Å². The van der Waals surface area contributed by atoms with Gasteiger partial charge in [0, 0.05) is 26.1 Å². The highest BCUT2D eigenvalue weighted by molar-refractivity contribution is 7.12. The molecule has 1 unspecified atom stereocenters. The predicted molar refractivity (Wildman–Crippen MR) is 90.0 cm³/mol. The second-order valence-electron chi connectivity index (χ2n) is 6.66. The fourth-order valence-electron chi connectivity index (χ4n) is 3.48. The van der Waals surface area contributed by atoms with Gasteiger partial charge < -0.3 is 14.5 Å². The van der Waals surface area contributed by atoms with Crippen LogP contribution in [0.5, 0.6) is 0 Å². The SMILES string of the molecule is CN(C)CC1CC2(CCN(C(=O)c3sccc3Cl)CC2)C(=O)O1. The fourth-order valence-corrected chi connectivity index (χ4v) is 4.59. The largest absolute Gasteiger partial charge is 0.461 e. The van der Waals surface area contributed by atoms with Crippen LogP contribution in [0.2, 0.25) is 5.02 Å². The molecule has 126 valence electrons. The lowest BCUT2D eigenvalue weighted by molar-refractivity contribution is -0.150. The Balaban J connectivity index is 1.63. The van der Waals surface area contributed by atoms with E-state index in [4.69, 9.17) is 16.3 Å². The van der Waals surface area contributed by atoms with Crippen molar-refractivity contribution in [3.8, 4) is 0 Å². The molecule has 2 fully saturated rings. The Hall–Kier alpha value is -1.11. The number of hydrogen-bond acceptors (Lipinski definition) is 5. The summed E-state index contributed by atoms with van der Waals surface area (Å²) in [5.41, 5.74) is -0.406. The quantitative estimate of drug-likeness (QED) is 0.781. The zero-order valence-electron chi connectivity index (χ0n) is 13.4. The van der Waals surface area contributed by atoms with Crippen LogP contribution >= 0.6 is 22.9 Å². The molecule has 1 atom stereocenters. The Kier molecular flexibility index (Phi) is 4.67. The predicted octanol–water partition coefficient (Wildman–Crippen LogP) is 2.50. The van der Waals surface area contributed by atoms with Gasteiger partial charge in [-0.05, 0) is 38.4 Å². The third-order valence-corrected chi connectivity index (χ3v) is 6.04. The molecule has 0 aromatic carbocycles. The van der Waals surface area contributed by atoms with Crippen LogP contribution in [0.4, 0.5) is 0 Å². The minimum Gasteiger partial charge on any atom is -0.461 e. The van der Waals surface area contributed by atoms with E-state index in [9.17, 15) is 9.59 Å². The molecule has 1 aromatic rings. The van der Waals surface area contributed by atoms with E-state index >= 15 is 0 Å². The van der Waals surface area contributed by atoms with E-state index in [1.54, 1.807) is 11.0 Å². The molecule has 23 heavy (non-hydrogen) atoms. The van der Waals surface area contributed by atoms with Crippen LogP contribution < -0.4 is 0 Å². The van der Waals surface area contributed by atoms with Crippen LogP contribution in [0.15, 0.2) is 11.4 Å². The molecule has 2 aliphatic heterocycles. The van der Waals surface area contributed by atoms with E-state index in [1.807, 2.05) is 24.4 Å². The van der Waals surface area contributed by atoms with Gasteiger partial charge in [0.1, 0.15) is 11.0 Å². The standard InChI is InChI=1S/C16H21ClN2O3S/c1-18(2)10-11-9-16(15(21)22-11)4-6-19(7-5-16)14(20)13-12(17)3-8-23-13/h3,8,11H,4-7,9-10H2,1-2H3. The lowest BCUT2D eigenvalue weighted by atomic mass is 9.76. The van der Waals surface area contributed by atoms with Crippen LogP contribution in [0.25, 0.3) is 0 Å². The molecule has 0 radical (unpaired) electrons. The summed E-state index contributed by atoms with van der Waals surface area (Å²) in [6.07, 6.45) is 2.06. The average Bonchev–Trinajstić information content (AvgIpc) is 3.03. The van der Waals surface area contributed by atoms with E-state index in [-0.39, 0.29) is 18.0 Å². The minimum absolute atomic E-state index is 0.0314. The van der Waals surface area contributed by atoms with Gasteiger partial charge in [-0.3, -0.25) is 9.59 Å². The molecule has 3 rings (SSSR count). The third kappa shape index (κ3) is 3.25. The maximum absolute atomic E-state index is 12.5. The van der Waals surface area contributed by atoms with Crippen LogP contribution in [-0.2, 0) is 9.53 Å². The van der Waals surface area contributed by atoms with E-state index < -0.39 is 5.41 Å². The first kappa shape index (κ1) is 16.7. The number of carbonyl (C=O) groups excluding carboxylic acids is 2. The molecular weight excluding hydrogens is 336 g/mol. The summed E-state index contributed by atoms with van der Waals surface area (Å²) in [6, 6.07) is 1.74. The second-order valence-corrected chi connectivity index (χ2v) is 7.99. The summed E-state index contributed by atoms with van der Waals surface area (Å²) in [5.74, 6) is -0.123. The molecular formula is C16H21ClN2O3S. The topological polar surface area (TPSA) is 49.9 Å². The first-order valence-corrected chi connectivity index (χ1v) is 9.05. The Morgan fingerprint density at radius 2 is 2.17 bits per heavy atom. The van der Waals surface area contributed by atoms with Gasteiger partial charge in [-0.15, -0.1) is 11.3 Å². The van der Waals surface area contributed by atoms with Gasteiger partial charge in [0.25, 0.3) is 5.91 Å². The number of cyclic esters (lactones) is 1. The Morgan fingerprint density at radius 3 is 2.74 bits per heavy atom. The normalized spacial score (nSPS) is 23.6. The maximum Gasteiger partial charge on any atom is 0.312 e. The highest BCUT2D eigenvalue weighted by atomic mass is 35.5. The number of ether oxygens (including phenoxy) is 1. The van der Waals surface area contributed by atoms with Gasteiger partial charge in [0.15, 0.2) is 0 Å². The molecule has 5 nitrogen and oxygen atoms in total. The molecule has 7 heteroatoms. The van der Waals surface area contributed by atoms with Gasteiger partial charge >= 0.3 is 5.97 Å². The van der Waals surface area contributed by atoms with E-state index in [2.05, 4.69) is 0 Å². The summed E-state index contributed by atoms with van der Waals surface area (Å²) in [5, 5.41) is 2.33. The number of likely N-dealkylation sites (tertiary alicyclic amines) is 1. The van der Waals surface area contributed by atoms with E-state index in [1.165, 1.54) is 11.3 Å². The van der Waals surface area contributed by atoms with Crippen molar-refractivity contribution in [1.29, 1.82) is 0 Å². The first-order chi connectivity index (χ1) is 10.9. The first-order valence-electron chi connectivity index (χ1n) is 7.79. The molecule has 1 amide bonds. The molecule has 0 N–H and O–H groups in total. The van der Waals surface area contributed by atoms with Crippen LogP contribution in [0, 0.1) is 5.41 Å². The second kappa shape index (κ2) is 6.42. The third-order valence-electron chi connectivity index (χ3n) is 4.71. The number of hydrogen-bond donors (Lipinski definition) is 0. The highest BCUT2D eigenvalue weighted by Gasteiger charge is 2.50. The van der Waals surface area contributed by atoms with Crippen LogP contribution in [0.3, 0.4) is 0 Å². The minimum atomic E-state index is -0.406. The number of likely N-dealkylation sites (N-methyl/N-ethyl adjacent to an activating group) is 1. The number of esters is 1. The number of amides is 1. The average molecular weight is 357 g/mol. The molecule has 0 aliphatic carbocycles. The monoisotopic (exact) mass is 356 g/mol. The van der Waals surface area contributed by atoms with Gasteiger partial charge in [0.2, 0.25) is 0 Å². The maximum atomic E-state index is 12.5. The molecule has 0 bridgehead atoms. The summed E-state index contributed by atoms with van der Waals surface area (Å²) in [7, 11) is 3.95. The van der Waals surface area contributed by atoms with Crippen LogP contribution in [0.1, 0.15) is 28.9 Å². The smallest absolute Gasteiger partial charge is 0.312 e. The number of piperidine rings is 1. The Bertz CT molecular complexity index is 608. The highest BCUT2D eigenvalue weighted by Crippen LogP contribution is 2.43. The van der Waals surface area contributed by atoms with Crippen LogP contribution in [-0.4, -0.2) is 61.5 Å². The van der Waals surface area contributed by atoms with Crippen molar-refractivity contribution < 1.29 is 14.3 Å². The lowest BCUT2D eigenvalue weighted by Gasteiger charge is -2.36. The molecule has 1 spiro atoms. The number of halogens is 1. The Labute approximate surface area is 145 Å². The zero-order chi connectivity index (χ0) is 16.6. The molecule has 0 saturated carbocycles. The molecule has 1 aromatic heterocycles. The summed E-state index contributed by atoms with van der Waals surface area (Å²) < 4.78 is 5.55. The summed E-state index contributed by atoms with van der Waals surface area (Å²) in [4.78, 5) is 29.3. The van der Waals surface area contributed by atoms with Crippen molar-refractivity contribution in [2.24, 2.45) is 5.41 Å². The van der Waals surface area contributed by atoms with Gasteiger partial charge in [0.05, 0.1) is 10.4 Å². The lowest BCUT2D eigenvalue weighted by Crippen LogP contribution is -2.45. The number of carbonyl (C=O) groups is 2. The van der Waals surface area contributed by atoms with E-state index in [0.717, 1.165) is 13.0 Å². The van der Waals surface area contributed by atoms with Crippen molar-refractivity contribution >= 4 is 34.8 Å². The van der Waals surface area contributed by atoms with E-state index in [0.29, 0.717) is 35.8 Å². The van der Waals surface area contributed by atoms with Gasteiger partial charge in [-0.1, -0.05) is 11.6 Å². The van der Waals surface area contributed by atoms with Gasteiger partial charge in [-0.2, -0.15) is 0 Å². The number of thiophene rings is 1. The fraction of sp³-hybridized carbons (Fsp3) is 0.625. The van der Waals surface area contributed by atoms with Crippen molar-refractivity contribution in [3.05, 3.63) is 21.3 Å². The number of rotatable bonds is 3. The molecule has 2 aliphatic rings. The number of nitrogens with zero attached hydrogens (tertiary/aromatic N) is 2. The van der Waals surface area contributed by atoms with Crippen molar-refractivity contribution in [2.45, 2.75) is 25.4 Å². The van der Waals surface area contributed by atoms with Crippen molar-refractivity contribution in [1.82, 2.24) is 9.80 Å².